The second kappa shape index (κ2) is 10.4. The highest BCUT2D eigenvalue weighted by Crippen LogP contribution is 2.44. The second-order valence-corrected chi connectivity index (χ2v) is 8.99. The fourth-order valence-electron chi connectivity index (χ4n) is 3.71. The fourth-order valence-corrected chi connectivity index (χ4v) is 3.71. The normalized spacial score (nSPS) is 11.6. The first-order chi connectivity index (χ1) is 16.8. The Balaban J connectivity index is 1.76. The quantitative estimate of drug-likeness (QED) is 0.430. The van der Waals surface area contributed by atoms with Gasteiger partial charge in [0.15, 0.2) is 5.78 Å². The van der Waals surface area contributed by atoms with Gasteiger partial charge in [0, 0.05) is 32.8 Å². The third kappa shape index (κ3) is 5.87. The Bertz CT molecular complexity index is 1280. The van der Waals surface area contributed by atoms with Crippen LogP contribution >= 0.6 is 0 Å². The van der Waals surface area contributed by atoms with Gasteiger partial charge in [0.2, 0.25) is 0 Å². The molecule has 36 heavy (non-hydrogen) atoms. The molecule has 0 fully saturated rings. The molecule has 3 rings (SSSR count). The van der Waals surface area contributed by atoms with Gasteiger partial charge in [0.05, 0.1) is 11.9 Å². The summed E-state index contributed by atoms with van der Waals surface area (Å²) in [5.74, 6) is -3.11. The Morgan fingerprint density at radius 3 is 2.44 bits per heavy atom. The van der Waals surface area contributed by atoms with Crippen molar-refractivity contribution in [2.24, 2.45) is 13.0 Å². The summed E-state index contributed by atoms with van der Waals surface area (Å²) >= 11 is 0. The first-order valence-corrected chi connectivity index (χ1v) is 11.2. The highest BCUT2D eigenvalue weighted by molar-refractivity contribution is 6.00. The topological polar surface area (TPSA) is 84.7 Å². The number of nitrogens with zero attached hydrogens (tertiary/aromatic N) is 3. The van der Waals surface area contributed by atoms with E-state index in [1.54, 1.807) is 49.4 Å². The Morgan fingerprint density at radius 1 is 1.19 bits per heavy atom. The van der Waals surface area contributed by atoms with E-state index in [4.69, 9.17) is 4.74 Å². The molecule has 192 valence electrons. The van der Waals surface area contributed by atoms with Crippen LogP contribution in [0, 0.1) is 12.8 Å². The van der Waals surface area contributed by atoms with Crippen LogP contribution in [0.5, 0.6) is 11.5 Å². The number of amides is 1. The van der Waals surface area contributed by atoms with E-state index in [0.29, 0.717) is 17.8 Å². The van der Waals surface area contributed by atoms with Crippen LogP contribution in [0.3, 0.4) is 0 Å². The summed E-state index contributed by atoms with van der Waals surface area (Å²) in [6.45, 7) is 5.04. The molecular weight excluding hydrogens is 475 g/mol. The fraction of sp³-hybridized carbons (Fsp3) is 0.346. The maximum absolute atomic E-state index is 13.7. The summed E-state index contributed by atoms with van der Waals surface area (Å²) in [4.78, 5) is 30.3. The van der Waals surface area contributed by atoms with Crippen LogP contribution in [0.1, 0.15) is 56.9 Å². The molecule has 7 nitrogen and oxygen atoms in total. The summed E-state index contributed by atoms with van der Waals surface area (Å²) < 4.78 is 48.3. The molecule has 2 aromatic carbocycles. The van der Waals surface area contributed by atoms with Gasteiger partial charge in [0.1, 0.15) is 29.4 Å². The second-order valence-electron chi connectivity index (χ2n) is 8.99. The zero-order valence-corrected chi connectivity index (χ0v) is 20.7. The Morgan fingerprint density at radius 2 is 1.89 bits per heavy atom. The number of hydrogen-bond acceptors (Lipinski definition) is 5. The van der Waals surface area contributed by atoms with E-state index in [2.05, 4.69) is 4.98 Å². The molecule has 0 spiro atoms. The van der Waals surface area contributed by atoms with Crippen molar-refractivity contribution in [3.63, 3.8) is 0 Å². The number of carbonyl (C=O) groups excluding carboxylic acids is 2. The number of aryl methyl sites for hydroxylation is 2. The van der Waals surface area contributed by atoms with Crippen molar-refractivity contribution >= 4 is 11.7 Å². The van der Waals surface area contributed by atoms with Gasteiger partial charge in [-0.2, -0.15) is 13.2 Å². The molecule has 0 radical (unpaired) electrons. The summed E-state index contributed by atoms with van der Waals surface area (Å²) in [6, 6.07) is 7.44. The van der Waals surface area contributed by atoms with Gasteiger partial charge >= 0.3 is 6.18 Å². The number of rotatable bonds is 8. The van der Waals surface area contributed by atoms with E-state index in [1.165, 1.54) is 18.7 Å². The van der Waals surface area contributed by atoms with Gasteiger partial charge in [0.25, 0.3) is 5.91 Å². The Hall–Kier alpha value is -3.82. The lowest BCUT2D eigenvalue weighted by atomic mass is 9.97. The van der Waals surface area contributed by atoms with E-state index in [9.17, 15) is 27.9 Å². The number of halogens is 3. The van der Waals surface area contributed by atoms with E-state index in [1.807, 2.05) is 6.92 Å². The predicted octanol–water partition coefficient (Wildman–Crippen LogP) is 5.14. The monoisotopic (exact) mass is 503 g/mol. The van der Waals surface area contributed by atoms with Crippen molar-refractivity contribution in [1.29, 1.82) is 0 Å². The Labute approximate surface area is 207 Å². The van der Waals surface area contributed by atoms with Crippen molar-refractivity contribution in [2.45, 2.75) is 40.1 Å². The highest BCUT2D eigenvalue weighted by Gasteiger charge is 2.40. The number of aromatic nitrogens is 2. The van der Waals surface area contributed by atoms with Gasteiger partial charge in [-0.25, -0.2) is 4.98 Å². The van der Waals surface area contributed by atoms with E-state index < -0.39 is 40.5 Å². The standard InChI is InChI=1S/C26H28F3N3O4/c1-15(2)23(33)19-8-9-21(22(24(19)34)26(27,28)29)36-13-17-6-7-18(16(3)10-17)11-32(5)25(35)20-12-31(4)14-30-20/h6-10,12,14-15,34H,11,13H2,1-5H3. The lowest BCUT2D eigenvalue weighted by Gasteiger charge is -2.19. The average molecular weight is 504 g/mol. The molecule has 0 bridgehead atoms. The smallest absolute Gasteiger partial charge is 0.423 e. The molecule has 3 aromatic rings. The molecule has 1 N–H and O–H groups in total. The van der Waals surface area contributed by atoms with Crippen LogP contribution in [0.15, 0.2) is 42.9 Å². The van der Waals surface area contributed by atoms with E-state index >= 15 is 0 Å². The molecule has 0 atom stereocenters. The van der Waals surface area contributed by atoms with Crippen LogP contribution in [0.25, 0.3) is 0 Å². The molecule has 0 unspecified atom stereocenters. The van der Waals surface area contributed by atoms with Crippen molar-refractivity contribution in [3.05, 3.63) is 76.4 Å². The number of hydrogen-bond donors (Lipinski definition) is 1. The predicted molar refractivity (Wildman–Crippen MR) is 127 cm³/mol. The van der Waals surface area contributed by atoms with Crippen molar-refractivity contribution in [3.8, 4) is 11.5 Å². The van der Waals surface area contributed by atoms with Crippen molar-refractivity contribution in [1.82, 2.24) is 14.5 Å². The molecule has 0 saturated heterocycles. The summed E-state index contributed by atoms with van der Waals surface area (Å²) in [6.07, 6.45) is -1.75. The summed E-state index contributed by atoms with van der Waals surface area (Å²) in [5.41, 5.74) is 0.841. The largest absolute Gasteiger partial charge is 0.506 e. The average Bonchev–Trinajstić information content (AvgIpc) is 3.23. The molecule has 0 saturated carbocycles. The van der Waals surface area contributed by atoms with Gasteiger partial charge in [-0.05, 0) is 35.7 Å². The lowest BCUT2D eigenvalue weighted by Crippen LogP contribution is -2.26. The van der Waals surface area contributed by atoms with Crippen LogP contribution < -0.4 is 4.74 Å². The van der Waals surface area contributed by atoms with Crippen LogP contribution in [-0.2, 0) is 26.4 Å². The number of aromatic hydroxyl groups is 1. The van der Waals surface area contributed by atoms with Gasteiger partial charge in [-0.15, -0.1) is 0 Å². The van der Waals surface area contributed by atoms with Crippen molar-refractivity contribution < 1.29 is 32.6 Å². The molecule has 0 aliphatic heterocycles. The third-order valence-electron chi connectivity index (χ3n) is 5.69. The van der Waals surface area contributed by atoms with Gasteiger partial charge < -0.3 is 19.3 Å². The Kier molecular flexibility index (Phi) is 7.76. The number of ether oxygens (including phenoxy) is 1. The first kappa shape index (κ1) is 26.8. The zero-order chi connectivity index (χ0) is 26.8. The minimum Gasteiger partial charge on any atom is -0.506 e. The molecule has 1 amide bonds. The number of phenolic OH excluding ortho intramolecular Hbond substituents is 1. The maximum Gasteiger partial charge on any atom is 0.423 e. The zero-order valence-electron chi connectivity index (χ0n) is 20.7. The highest BCUT2D eigenvalue weighted by atomic mass is 19.4. The van der Waals surface area contributed by atoms with E-state index in [-0.39, 0.29) is 12.5 Å². The SMILES string of the molecule is Cc1cc(COc2ccc(C(=O)C(C)C)c(O)c2C(F)(F)F)ccc1CN(C)C(=O)c1cn(C)cn1. The number of ketones is 1. The van der Waals surface area contributed by atoms with Crippen LogP contribution in [-0.4, -0.2) is 38.3 Å². The van der Waals surface area contributed by atoms with Crippen LogP contribution in [0.2, 0.25) is 0 Å². The van der Waals surface area contributed by atoms with Crippen LogP contribution in [0.4, 0.5) is 13.2 Å². The van der Waals surface area contributed by atoms with Gasteiger partial charge in [-0.1, -0.05) is 32.0 Å². The maximum atomic E-state index is 13.7. The van der Waals surface area contributed by atoms with E-state index in [0.717, 1.165) is 23.3 Å². The lowest BCUT2D eigenvalue weighted by molar-refractivity contribution is -0.140. The number of phenols is 1. The van der Waals surface area contributed by atoms with Gasteiger partial charge in [-0.3, -0.25) is 9.59 Å². The molecular formula is C26H28F3N3O4. The number of carbonyl (C=O) groups is 2. The third-order valence-corrected chi connectivity index (χ3v) is 5.69. The summed E-state index contributed by atoms with van der Waals surface area (Å²) in [7, 11) is 3.43. The minimum atomic E-state index is -4.92. The first-order valence-electron chi connectivity index (χ1n) is 11.2. The molecule has 1 aromatic heterocycles. The molecule has 1 heterocycles. The number of Topliss-reactive ketones (excluding diaryl/α,β-unsaturated/α-hetero) is 1. The summed E-state index contributed by atoms with van der Waals surface area (Å²) in [5, 5.41) is 10.3. The molecule has 0 aliphatic carbocycles. The molecule has 10 heteroatoms. The number of imidazole rings is 1. The number of benzene rings is 2. The number of alkyl halides is 3. The van der Waals surface area contributed by atoms with Crippen molar-refractivity contribution in [2.75, 3.05) is 7.05 Å². The molecule has 0 aliphatic rings. The minimum absolute atomic E-state index is 0.191.